The minimum absolute atomic E-state index is 0.566. The summed E-state index contributed by atoms with van der Waals surface area (Å²) in [5, 5.41) is 0. The van der Waals surface area contributed by atoms with E-state index < -0.39 is 0 Å². The number of nitrogens with two attached hydrogens (primary N) is 1. The minimum atomic E-state index is 0.566. The van der Waals surface area contributed by atoms with Crippen LogP contribution >= 0.6 is 0 Å². The molecule has 5 aliphatic rings. The number of fused-ring (bicyclic) bond motifs is 1. The van der Waals surface area contributed by atoms with Crippen LogP contribution in [0.3, 0.4) is 0 Å². The van der Waals surface area contributed by atoms with Crippen molar-refractivity contribution in [1.29, 1.82) is 0 Å². The van der Waals surface area contributed by atoms with Crippen LogP contribution in [0.1, 0.15) is 55.1 Å². The molecule has 4 heteroatoms. The quantitative estimate of drug-likeness (QED) is 0.853. The molecule has 106 valence electrons. The van der Waals surface area contributed by atoms with E-state index >= 15 is 0 Å². The van der Waals surface area contributed by atoms with Gasteiger partial charge in [0.05, 0.1) is 18.9 Å². The molecule has 0 aromatic carbocycles. The van der Waals surface area contributed by atoms with Crippen molar-refractivity contribution >= 4 is 5.82 Å². The fourth-order valence-electron chi connectivity index (χ4n) is 5.59. The molecular weight excluding hydrogens is 250 g/mol. The molecule has 4 nitrogen and oxygen atoms in total. The van der Waals surface area contributed by atoms with Gasteiger partial charge in [-0.15, -0.1) is 0 Å². The van der Waals surface area contributed by atoms with Gasteiger partial charge >= 0.3 is 0 Å². The largest absolute Gasteiger partial charge is 0.383 e. The lowest BCUT2D eigenvalue weighted by Gasteiger charge is -2.53. The van der Waals surface area contributed by atoms with Gasteiger partial charge in [-0.1, -0.05) is 0 Å². The van der Waals surface area contributed by atoms with E-state index in [1.54, 1.807) is 0 Å². The molecule has 20 heavy (non-hydrogen) atoms. The Morgan fingerprint density at radius 2 is 1.60 bits per heavy atom. The Bertz CT molecular complexity index is 543. The number of hydrogen-bond donors (Lipinski definition) is 1. The standard InChI is InChI=1S/C16H21N3O/c17-15-12-6-20-7-13(12)18-16(19-15)14-10-2-8-1-9(4-10)5-11(14)3-8/h8-11,14H,1-7H2,(H2,17,18,19). The predicted molar refractivity (Wildman–Crippen MR) is 74.7 cm³/mol. The lowest BCUT2D eigenvalue weighted by atomic mass is 9.51. The van der Waals surface area contributed by atoms with E-state index in [1.807, 2.05) is 0 Å². The van der Waals surface area contributed by atoms with Crippen molar-refractivity contribution in [1.82, 2.24) is 9.97 Å². The predicted octanol–water partition coefficient (Wildman–Crippen LogP) is 2.63. The highest BCUT2D eigenvalue weighted by molar-refractivity contribution is 5.43. The van der Waals surface area contributed by atoms with E-state index in [1.165, 1.54) is 32.1 Å². The maximum absolute atomic E-state index is 6.13. The van der Waals surface area contributed by atoms with Crippen LogP contribution in [0.2, 0.25) is 0 Å². The van der Waals surface area contributed by atoms with Crippen molar-refractivity contribution < 1.29 is 4.74 Å². The first-order valence-corrected chi connectivity index (χ1v) is 8.01. The number of aromatic nitrogens is 2. The third-order valence-corrected chi connectivity index (χ3v) is 6.15. The topological polar surface area (TPSA) is 61.0 Å². The van der Waals surface area contributed by atoms with Crippen LogP contribution in [0, 0.1) is 23.7 Å². The van der Waals surface area contributed by atoms with Crippen molar-refractivity contribution in [3.05, 3.63) is 17.1 Å². The van der Waals surface area contributed by atoms with Gasteiger partial charge in [0.1, 0.15) is 11.6 Å². The second-order valence-electron chi connectivity index (χ2n) is 7.34. The van der Waals surface area contributed by atoms with Crippen LogP contribution in [0.25, 0.3) is 0 Å². The molecule has 1 aromatic rings. The minimum Gasteiger partial charge on any atom is -0.383 e. The SMILES string of the molecule is Nc1nc(C2C3CC4CC(C3)CC2C4)nc2c1COC2. The van der Waals surface area contributed by atoms with Crippen molar-refractivity contribution in [3.8, 4) is 0 Å². The molecular formula is C16H21N3O. The Hall–Kier alpha value is -1.16. The molecule has 0 spiro atoms. The zero-order valence-corrected chi connectivity index (χ0v) is 11.7. The number of anilines is 1. The fraction of sp³-hybridized carbons (Fsp3) is 0.750. The average Bonchev–Trinajstić information content (AvgIpc) is 2.86. The molecule has 2 N–H and O–H groups in total. The molecule has 1 aliphatic heterocycles. The summed E-state index contributed by atoms with van der Waals surface area (Å²) in [6.45, 7) is 1.20. The van der Waals surface area contributed by atoms with Gasteiger partial charge in [0.15, 0.2) is 0 Å². The van der Waals surface area contributed by atoms with Crippen molar-refractivity contribution in [3.63, 3.8) is 0 Å². The number of nitrogen functional groups attached to an aromatic ring is 1. The van der Waals surface area contributed by atoms with Crippen molar-refractivity contribution in [2.45, 2.75) is 51.2 Å². The zero-order valence-electron chi connectivity index (χ0n) is 11.7. The molecule has 6 rings (SSSR count). The molecule has 4 aliphatic carbocycles. The summed E-state index contributed by atoms with van der Waals surface area (Å²) in [6, 6.07) is 0. The Kier molecular flexibility index (Phi) is 2.26. The van der Waals surface area contributed by atoms with Gasteiger partial charge in [-0.2, -0.15) is 0 Å². The molecule has 4 saturated carbocycles. The Balaban J connectivity index is 1.55. The van der Waals surface area contributed by atoms with E-state index in [4.69, 9.17) is 15.5 Å². The van der Waals surface area contributed by atoms with Crippen LogP contribution in [0.5, 0.6) is 0 Å². The first-order valence-electron chi connectivity index (χ1n) is 8.01. The molecule has 0 atom stereocenters. The molecule has 2 heterocycles. The number of hydrogen-bond acceptors (Lipinski definition) is 4. The number of rotatable bonds is 1. The van der Waals surface area contributed by atoms with Crippen LogP contribution in [-0.2, 0) is 18.0 Å². The van der Waals surface area contributed by atoms with Crippen LogP contribution in [0.4, 0.5) is 5.82 Å². The Morgan fingerprint density at radius 3 is 2.30 bits per heavy atom. The molecule has 0 radical (unpaired) electrons. The van der Waals surface area contributed by atoms with Crippen molar-refractivity contribution in [2.75, 3.05) is 5.73 Å². The maximum atomic E-state index is 6.13. The first-order chi connectivity index (χ1) is 9.78. The lowest BCUT2D eigenvalue weighted by Crippen LogP contribution is -2.44. The summed E-state index contributed by atoms with van der Waals surface area (Å²) in [6.07, 6.45) is 7.08. The van der Waals surface area contributed by atoms with Gasteiger partial charge in [-0.05, 0) is 55.8 Å². The highest BCUT2D eigenvalue weighted by Crippen LogP contribution is 2.59. The molecule has 0 saturated heterocycles. The normalized spacial score (nSPS) is 41.1. The molecule has 4 fully saturated rings. The number of nitrogens with zero attached hydrogens (tertiary/aromatic N) is 2. The van der Waals surface area contributed by atoms with Crippen LogP contribution < -0.4 is 5.73 Å². The van der Waals surface area contributed by atoms with Gasteiger partial charge in [0.25, 0.3) is 0 Å². The first kappa shape index (κ1) is 11.5. The van der Waals surface area contributed by atoms with Crippen molar-refractivity contribution in [2.24, 2.45) is 23.7 Å². The molecule has 4 bridgehead atoms. The average molecular weight is 271 g/mol. The fourth-order valence-corrected chi connectivity index (χ4v) is 5.59. The van der Waals surface area contributed by atoms with Gasteiger partial charge in [0, 0.05) is 11.5 Å². The van der Waals surface area contributed by atoms with E-state index in [0.29, 0.717) is 24.9 Å². The van der Waals surface area contributed by atoms with Gasteiger partial charge in [0.2, 0.25) is 0 Å². The summed E-state index contributed by atoms with van der Waals surface area (Å²) in [5.41, 5.74) is 8.20. The summed E-state index contributed by atoms with van der Waals surface area (Å²) in [7, 11) is 0. The highest BCUT2D eigenvalue weighted by atomic mass is 16.5. The second kappa shape index (κ2) is 3.94. The molecule has 1 aromatic heterocycles. The number of ether oxygens (including phenoxy) is 1. The second-order valence-corrected chi connectivity index (χ2v) is 7.34. The van der Waals surface area contributed by atoms with Gasteiger partial charge < -0.3 is 10.5 Å². The smallest absolute Gasteiger partial charge is 0.134 e. The summed E-state index contributed by atoms with van der Waals surface area (Å²) >= 11 is 0. The van der Waals surface area contributed by atoms with Gasteiger partial charge in [-0.3, -0.25) is 0 Å². The maximum Gasteiger partial charge on any atom is 0.134 e. The molecule has 0 unspecified atom stereocenters. The Labute approximate surface area is 119 Å². The summed E-state index contributed by atoms with van der Waals surface area (Å²) in [4.78, 5) is 9.52. The van der Waals surface area contributed by atoms with E-state index in [0.717, 1.165) is 40.8 Å². The monoisotopic (exact) mass is 271 g/mol. The van der Waals surface area contributed by atoms with Crippen LogP contribution in [-0.4, -0.2) is 9.97 Å². The zero-order chi connectivity index (χ0) is 13.3. The summed E-state index contributed by atoms with van der Waals surface area (Å²) < 4.78 is 5.47. The third-order valence-electron chi connectivity index (χ3n) is 6.15. The highest BCUT2D eigenvalue weighted by Gasteiger charge is 2.49. The van der Waals surface area contributed by atoms with E-state index in [9.17, 15) is 0 Å². The third kappa shape index (κ3) is 1.51. The lowest BCUT2D eigenvalue weighted by molar-refractivity contribution is -0.00570. The van der Waals surface area contributed by atoms with E-state index in [-0.39, 0.29) is 0 Å². The molecule has 0 amide bonds. The van der Waals surface area contributed by atoms with E-state index in [2.05, 4.69) is 4.98 Å². The van der Waals surface area contributed by atoms with Crippen LogP contribution in [0.15, 0.2) is 0 Å². The summed E-state index contributed by atoms with van der Waals surface area (Å²) in [5.74, 6) is 5.86. The van der Waals surface area contributed by atoms with Gasteiger partial charge in [-0.25, -0.2) is 9.97 Å². The Morgan fingerprint density at radius 1 is 0.900 bits per heavy atom.